The third-order valence-electron chi connectivity index (χ3n) is 2.50. The van der Waals surface area contributed by atoms with Crippen LogP contribution in [0.5, 0.6) is 0 Å². The van der Waals surface area contributed by atoms with Gasteiger partial charge in [0.1, 0.15) is 0 Å². The molecule has 1 aliphatic rings. The van der Waals surface area contributed by atoms with Gasteiger partial charge in [-0.3, -0.25) is 0 Å². The first-order valence-electron chi connectivity index (χ1n) is 3.39. The monoisotopic (exact) mass is 132 g/mol. The summed E-state index contributed by atoms with van der Waals surface area (Å²) in [5.41, 5.74) is 0.557. The van der Waals surface area contributed by atoms with Crippen molar-refractivity contribution in [3.8, 4) is 0 Å². The van der Waals surface area contributed by atoms with Crippen molar-refractivity contribution in [2.24, 2.45) is 5.41 Å². The molecule has 1 atom stereocenters. The van der Waals surface area contributed by atoms with Crippen molar-refractivity contribution in [3.63, 3.8) is 0 Å². The molecular formula is C7H13Cl. The van der Waals surface area contributed by atoms with Crippen LogP contribution in [0.25, 0.3) is 0 Å². The Hall–Kier alpha value is 0.290. The highest BCUT2D eigenvalue weighted by Gasteiger charge is 2.49. The molecule has 0 aliphatic heterocycles. The Morgan fingerprint density at radius 3 is 1.88 bits per heavy atom. The van der Waals surface area contributed by atoms with E-state index < -0.39 is 0 Å². The molecule has 0 nitrogen and oxygen atoms in total. The molecule has 48 valence electrons. The first-order valence-corrected chi connectivity index (χ1v) is 3.83. The molecule has 0 bridgehead atoms. The summed E-state index contributed by atoms with van der Waals surface area (Å²) < 4.78 is 0. The van der Waals surface area contributed by atoms with Crippen LogP contribution in [0.2, 0.25) is 0 Å². The summed E-state index contributed by atoms with van der Waals surface area (Å²) in [4.78, 5) is 0. The van der Waals surface area contributed by atoms with Crippen molar-refractivity contribution in [2.75, 3.05) is 0 Å². The Balaban J connectivity index is 2.39. The molecule has 8 heavy (non-hydrogen) atoms. The average molecular weight is 133 g/mol. The van der Waals surface area contributed by atoms with Gasteiger partial charge in [-0.05, 0) is 24.7 Å². The van der Waals surface area contributed by atoms with E-state index in [0.29, 0.717) is 10.8 Å². The zero-order valence-corrected chi connectivity index (χ0v) is 6.33. The lowest BCUT2D eigenvalue weighted by molar-refractivity contribution is 0.476. The van der Waals surface area contributed by atoms with E-state index in [-0.39, 0.29) is 0 Å². The summed E-state index contributed by atoms with van der Waals surface area (Å²) in [5, 5.41) is 0.498. The van der Waals surface area contributed by atoms with Gasteiger partial charge >= 0.3 is 0 Å². The van der Waals surface area contributed by atoms with Gasteiger partial charge in [-0.1, -0.05) is 13.8 Å². The van der Waals surface area contributed by atoms with E-state index in [1.807, 2.05) is 0 Å². The van der Waals surface area contributed by atoms with Gasteiger partial charge in [0.05, 0.1) is 0 Å². The summed E-state index contributed by atoms with van der Waals surface area (Å²) >= 11 is 5.91. The minimum atomic E-state index is 0.498. The van der Waals surface area contributed by atoms with Gasteiger partial charge < -0.3 is 0 Å². The molecule has 0 heterocycles. The van der Waals surface area contributed by atoms with Crippen LogP contribution in [0.1, 0.15) is 33.1 Å². The highest BCUT2D eigenvalue weighted by atomic mass is 35.5. The molecule has 0 amide bonds. The number of hydrogen-bond acceptors (Lipinski definition) is 0. The molecule has 0 aromatic rings. The molecule has 1 saturated carbocycles. The second kappa shape index (κ2) is 1.91. The largest absolute Gasteiger partial charge is 0.122 e. The lowest BCUT2D eigenvalue weighted by Gasteiger charge is -2.06. The van der Waals surface area contributed by atoms with Gasteiger partial charge in [0.25, 0.3) is 0 Å². The van der Waals surface area contributed by atoms with E-state index >= 15 is 0 Å². The van der Waals surface area contributed by atoms with Crippen LogP contribution in [-0.4, -0.2) is 5.38 Å². The van der Waals surface area contributed by atoms with Crippen LogP contribution in [0, 0.1) is 5.41 Å². The van der Waals surface area contributed by atoms with Gasteiger partial charge in [-0.15, -0.1) is 11.6 Å². The van der Waals surface area contributed by atoms with Crippen molar-refractivity contribution in [1.29, 1.82) is 0 Å². The molecular weight excluding hydrogens is 120 g/mol. The van der Waals surface area contributed by atoms with Crippen molar-refractivity contribution < 1.29 is 0 Å². The smallest absolute Gasteiger partial charge is 0.0398 e. The molecule has 0 radical (unpaired) electrons. The van der Waals surface area contributed by atoms with E-state index in [2.05, 4.69) is 13.8 Å². The van der Waals surface area contributed by atoms with Crippen molar-refractivity contribution in [3.05, 3.63) is 0 Å². The van der Waals surface area contributed by atoms with E-state index in [1.165, 1.54) is 19.3 Å². The number of hydrogen-bond donors (Lipinski definition) is 0. The second-order valence-corrected chi connectivity index (χ2v) is 3.27. The predicted molar refractivity (Wildman–Crippen MR) is 37.3 cm³/mol. The topological polar surface area (TPSA) is 0 Å². The van der Waals surface area contributed by atoms with Gasteiger partial charge in [0, 0.05) is 5.38 Å². The van der Waals surface area contributed by atoms with Gasteiger partial charge in [0.15, 0.2) is 0 Å². The second-order valence-electron chi connectivity index (χ2n) is 2.74. The summed E-state index contributed by atoms with van der Waals surface area (Å²) in [5.74, 6) is 0. The standard InChI is InChI=1S/C7H13Cl/c1-3-7(4-2)5-6(7)8/h6H,3-5H2,1-2H3. The predicted octanol–water partition coefficient (Wildman–Crippen LogP) is 2.80. The highest BCUT2D eigenvalue weighted by Crippen LogP contribution is 2.55. The van der Waals surface area contributed by atoms with Crippen LogP contribution in [-0.2, 0) is 0 Å². The SMILES string of the molecule is CCC1(CC)CC1Cl. The fraction of sp³-hybridized carbons (Fsp3) is 1.00. The third kappa shape index (κ3) is 0.753. The molecule has 1 aliphatic carbocycles. The quantitative estimate of drug-likeness (QED) is 0.507. The van der Waals surface area contributed by atoms with E-state index in [1.54, 1.807) is 0 Å². The van der Waals surface area contributed by atoms with Crippen LogP contribution in [0.4, 0.5) is 0 Å². The highest BCUT2D eigenvalue weighted by molar-refractivity contribution is 6.23. The Kier molecular flexibility index (Phi) is 1.53. The Morgan fingerprint density at radius 2 is 1.88 bits per heavy atom. The first-order chi connectivity index (χ1) is 3.75. The normalized spacial score (nSPS) is 32.6. The maximum Gasteiger partial charge on any atom is 0.0398 e. The Bertz CT molecular complexity index is 78.9. The zero-order valence-electron chi connectivity index (χ0n) is 5.58. The maximum absolute atomic E-state index is 5.91. The summed E-state index contributed by atoms with van der Waals surface area (Å²) in [7, 11) is 0. The minimum absolute atomic E-state index is 0.498. The fourth-order valence-electron chi connectivity index (χ4n) is 1.28. The summed E-state index contributed by atoms with van der Waals surface area (Å²) in [6, 6.07) is 0. The molecule has 0 saturated heterocycles. The van der Waals surface area contributed by atoms with Gasteiger partial charge in [-0.25, -0.2) is 0 Å². The average Bonchev–Trinajstić information content (AvgIpc) is 2.43. The Labute approximate surface area is 56.2 Å². The van der Waals surface area contributed by atoms with Crippen LogP contribution >= 0.6 is 11.6 Å². The first kappa shape index (κ1) is 6.41. The molecule has 1 fully saturated rings. The third-order valence-corrected chi connectivity index (χ3v) is 3.12. The molecule has 1 unspecified atom stereocenters. The molecule has 0 aromatic heterocycles. The van der Waals surface area contributed by atoms with E-state index in [4.69, 9.17) is 11.6 Å². The van der Waals surface area contributed by atoms with Gasteiger partial charge in [0.2, 0.25) is 0 Å². The van der Waals surface area contributed by atoms with Crippen LogP contribution in [0.3, 0.4) is 0 Å². The zero-order chi connectivity index (χ0) is 6.20. The Morgan fingerprint density at radius 1 is 1.50 bits per heavy atom. The van der Waals surface area contributed by atoms with E-state index in [0.717, 1.165) is 0 Å². The molecule has 0 spiro atoms. The van der Waals surface area contributed by atoms with Crippen molar-refractivity contribution in [2.45, 2.75) is 38.5 Å². The molecule has 1 rings (SSSR count). The lowest BCUT2D eigenvalue weighted by Crippen LogP contribution is -1.98. The van der Waals surface area contributed by atoms with Crippen molar-refractivity contribution in [1.82, 2.24) is 0 Å². The van der Waals surface area contributed by atoms with Gasteiger partial charge in [-0.2, -0.15) is 0 Å². The number of rotatable bonds is 2. The molecule has 0 aromatic carbocycles. The summed E-state index contributed by atoms with van der Waals surface area (Å²) in [6.45, 7) is 4.46. The molecule has 1 heteroatoms. The van der Waals surface area contributed by atoms with Crippen molar-refractivity contribution >= 4 is 11.6 Å². The number of alkyl halides is 1. The fourth-order valence-corrected chi connectivity index (χ4v) is 1.90. The minimum Gasteiger partial charge on any atom is -0.122 e. The number of halogens is 1. The lowest BCUT2D eigenvalue weighted by atomic mass is 10.0. The van der Waals surface area contributed by atoms with Crippen LogP contribution < -0.4 is 0 Å². The summed E-state index contributed by atoms with van der Waals surface area (Å²) in [6.07, 6.45) is 3.77. The van der Waals surface area contributed by atoms with Crippen LogP contribution in [0.15, 0.2) is 0 Å². The molecule has 0 N–H and O–H groups in total. The van der Waals surface area contributed by atoms with E-state index in [9.17, 15) is 0 Å². The maximum atomic E-state index is 5.91.